The third-order valence-electron chi connectivity index (χ3n) is 4.56. The van der Waals surface area contributed by atoms with Crippen LogP contribution < -0.4 is 0 Å². The van der Waals surface area contributed by atoms with E-state index in [4.69, 9.17) is 0 Å². The van der Waals surface area contributed by atoms with Gasteiger partial charge in [-0.15, -0.1) is 6.58 Å². The van der Waals surface area contributed by atoms with Crippen molar-refractivity contribution < 1.29 is 0 Å². The van der Waals surface area contributed by atoms with Crippen LogP contribution in [0.25, 0.3) is 0 Å². The van der Waals surface area contributed by atoms with E-state index in [0.29, 0.717) is 12.0 Å². The molecule has 4 heteroatoms. The Morgan fingerprint density at radius 2 is 2.23 bits per heavy atom. The molecular formula is C18H26N4. The van der Waals surface area contributed by atoms with Crippen LogP contribution in [0.1, 0.15) is 36.8 Å². The molecule has 118 valence electrons. The molecule has 0 radical (unpaired) electrons. The fourth-order valence-electron chi connectivity index (χ4n) is 3.56. The predicted molar refractivity (Wildman–Crippen MR) is 89.6 cm³/mol. The minimum Gasteiger partial charge on any atom is -0.349 e. The first-order valence-electron chi connectivity index (χ1n) is 8.13. The summed E-state index contributed by atoms with van der Waals surface area (Å²) in [6, 6.07) is 4.91. The number of aromatic nitrogens is 3. The first-order chi connectivity index (χ1) is 10.6. The molecule has 0 amide bonds. The van der Waals surface area contributed by atoms with Gasteiger partial charge >= 0.3 is 0 Å². The zero-order valence-electron chi connectivity index (χ0n) is 13.9. The van der Waals surface area contributed by atoms with Gasteiger partial charge in [0.1, 0.15) is 0 Å². The summed E-state index contributed by atoms with van der Waals surface area (Å²) < 4.78 is 4.38. The second-order valence-corrected chi connectivity index (χ2v) is 6.54. The van der Waals surface area contributed by atoms with Gasteiger partial charge in [0.15, 0.2) is 0 Å². The van der Waals surface area contributed by atoms with Gasteiger partial charge < -0.3 is 4.57 Å². The molecule has 1 atom stereocenters. The second kappa shape index (κ2) is 6.13. The molecule has 2 aromatic heterocycles. The molecule has 4 nitrogen and oxygen atoms in total. The molecule has 0 saturated carbocycles. The van der Waals surface area contributed by atoms with E-state index in [1.54, 1.807) is 0 Å². The van der Waals surface area contributed by atoms with Gasteiger partial charge in [-0.05, 0) is 25.0 Å². The highest BCUT2D eigenvalue weighted by Crippen LogP contribution is 2.33. The number of aryl methyl sites for hydroxylation is 1. The zero-order valence-corrected chi connectivity index (χ0v) is 13.9. The Kier molecular flexibility index (Phi) is 4.21. The van der Waals surface area contributed by atoms with E-state index in [-0.39, 0.29) is 0 Å². The van der Waals surface area contributed by atoms with Crippen LogP contribution in [0.3, 0.4) is 0 Å². The van der Waals surface area contributed by atoms with Crippen LogP contribution in [0, 0.1) is 12.8 Å². The van der Waals surface area contributed by atoms with E-state index >= 15 is 0 Å². The minimum absolute atomic E-state index is 0.478. The Balaban J connectivity index is 1.84. The van der Waals surface area contributed by atoms with Crippen molar-refractivity contribution in [2.45, 2.75) is 46.4 Å². The SMILES string of the molecule is C=CCn1cc(CN2CCn3cccc3[C@@H]2C(C)C)c(C)n1. The van der Waals surface area contributed by atoms with Crippen molar-refractivity contribution in [2.24, 2.45) is 5.92 Å². The Morgan fingerprint density at radius 1 is 1.41 bits per heavy atom. The van der Waals surface area contributed by atoms with E-state index in [0.717, 1.165) is 31.9 Å². The molecule has 3 heterocycles. The van der Waals surface area contributed by atoms with Crippen LogP contribution in [0.2, 0.25) is 0 Å². The summed E-state index contributed by atoms with van der Waals surface area (Å²) in [5.41, 5.74) is 3.90. The maximum Gasteiger partial charge on any atom is 0.0638 e. The molecule has 1 aliphatic heterocycles. The molecule has 0 saturated heterocycles. The fraction of sp³-hybridized carbons (Fsp3) is 0.500. The van der Waals surface area contributed by atoms with Gasteiger partial charge in [-0.1, -0.05) is 19.9 Å². The standard InChI is InChI=1S/C18H26N4/c1-5-8-22-13-16(15(4)19-22)12-21-11-10-20-9-6-7-17(20)18(21)14(2)3/h5-7,9,13-14,18H,1,8,10-12H2,2-4H3/t18-/m0/s1. The molecule has 0 aromatic carbocycles. The highest BCUT2D eigenvalue weighted by molar-refractivity contribution is 5.19. The molecule has 3 rings (SSSR count). The Labute approximate surface area is 133 Å². The molecule has 0 N–H and O–H groups in total. The molecule has 0 spiro atoms. The summed E-state index contributed by atoms with van der Waals surface area (Å²) in [6.45, 7) is 14.4. The van der Waals surface area contributed by atoms with Gasteiger partial charge in [-0.25, -0.2) is 0 Å². The molecule has 0 aliphatic carbocycles. The van der Waals surface area contributed by atoms with Gasteiger partial charge in [-0.3, -0.25) is 9.58 Å². The summed E-state index contributed by atoms with van der Waals surface area (Å²) in [4.78, 5) is 2.60. The number of nitrogens with zero attached hydrogens (tertiary/aromatic N) is 4. The Hall–Kier alpha value is -1.81. The van der Waals surface area contributed by atoms with Crippen molar-refractivity contribution in [1.82, 2.24) is 19.2 Å². The van der Waals surface area contributed by atoms with Crippen LogP contribution in [-0.2, 0) is 19.6 Å². The quantitative estimate of drug-likeness (QED) is 0.791. The van der Waals surface area contributed by atoms with Gasteiger partial charge in [-0.2, -0.15) is 5.10 Å². The summed E-state index contributed by atoms with van der Waals surface area (Å²) in [7, 11) is 0. The van der Waals surface area contributed by atoms with Crippen LogP contribution in [-0.4, -0.2) is 25.8 Å². The Morgan fingerprint density at radius 3 is 2.95 bits per heavy atom. The molecule has 2 aromatic rings. The Bertz CT molecular complexity index is 650. The van der Waals surface area contributed by atoms with Crippen LogP contribution in [0.5, 0.6) is 0 Å². The van der Waals surface area contributed by atoms with E-state index in [1.165, 1.54) is 11.3 Å². The number of rotatable bonds is 5. The molecular weight excluding hydrogens is 272 g/mol. The fourth-order valence-corrected chi connectivity index (χ4v) is 3.56. The van der Waals surface area contributed by atoms with E-state index in [1.807, 2.05) is 10.8 Å². The molecule has 1 aliphatic rings. The highest BCUT2D eigenvalue weighted by Gasteiger charge is 2.30. The molecule has 0 bridgehead atoms. The number of hydrogen-bond acceptors (Lipinski definition) is 2. The zero-order chi connectivity index (χ0) is 15.7. The minimum atomic E-state index is 0.478. The van der Waals surface area contributed by atoms with Crippen LogP contribution >= 0.6 is 0 Å². The predicted octanol–water partition coefficient (Wildman–Crippen LogP) is 3.39. The third kappa shape index (κ3) is 2.75. The van der Waals surface area contributed by atoms with E-state index in [9.17, 15) is 0 Å². The van der Waals surface area contributed by atoms with Crippen molar-refractivity contribution in [3.8, 4) is 0 Å². The maximum atomic E-state index is 4.58. The van der Waals surface area contributed by atoms with Crippen molar-refractivity contribution in [2.75, 3.05) is 6.54 Å². The average Bonchev–Trinajstić information content (AvgIpc) is 3.06. The third-order valence-corrected chi connectivity index (χ3v) is 4.56. The lowest BCUT2D eigenvalue weighted by Gasteiger charge is -2.39. The first-order valence-corrected chi connectivity index (χ1v) is 8.13. The summed E-state index contributed by atoms with van der Waals surface area (Å²) in [6.07, 6.45) is 6.26. The van der Waals surface area contributed by atoms with Crippen molar-refractivity contribution in [1.29, 1.82) is 0 Å². The van der Waals surface area contributed by atoms with Crippen LogP contribution in [0.15, 0.2) is 37.2 Å². The number of allylic oxidation sites excluding steroid dienone is 1. The molecule has 0 unspecified atom stereocenters. The van der Waals surface area contributed by atoms with E-state index < -0.39 is 0 Å². The lowest BCUT2D eigenvalue weighted by Crippen LogP contribution is -2.39. The van der Waals surface area contributed by atoms with Crippen molar-refractivity contribution in [3.63, 3.8) is 0 Å². The van der Waals surface area contributed by atoms with Crippen LogP contribution in [0.4, 0.5) is 0 Å². The smallest absolute Gasteiger partial charge is 0.0638 e. The van der Waals surface area contributed by atoms with Crippen molar-refractivity contribution >= 4 is 0 Å². The number of hydrogen-bond donors (Lipinski definition) is 0. The lowest BCUT2D eigenvalue weighted by molar-refractivity contribution is 0.111. The molecule has 0 fully saturated rings. The summed E-state index contributed by atoms with van der Waals surface area (Å²) >= 11 is 0. The average molecular weight is 298 g/mol. The van der Waals surface area contributed by atoms with Gasteiger partial charge in [0, 0.05) is 43.3 Å². The largest absolute Gasteiger partial charge is 0.349 e. The monoisotopic (exact) mass is 298 g/mol. The highest BCUT2D eigenvalue weighted by atomic mass is 15.3. The van der Waals surface area contributed by atoms with Gasteiger partial charge in [0.05, 0.1) is 18.3 Å². The molecule has 22 heavy (non-hydrogen) atoms. The maximum absolute atomic E-state index is 4.58. The number of fused-ring (bicyclic) bond motifs is 1. The lowest BCUT2D eigenvalue weighted by atomic mass is 9.96. The van der Waals surface area contributed by atoms with E-state index in [2.05, 4.69) is 66.4 Å². The first kappa shape index (κ1) is 15.1. The second-order valence-electron chi connectivity index (χ2n) is 6.54. The summed E-state index contributed by atoms with van der Waals surface area (Å²) in [5.74, 6) is 0.595. The topological polar surface area (TPSA) is 26.0 Å². The summed E-state index contributed by atoms with van der Waals surface area (Å²) in [5, 5.41) is 4.58. The van der Waals surface area contributed by atoms with Gasteiger partial charge in [0.25, 0.3) is 0 Å². The van der Waals surface area contributed by atoms with Gasteiger partial charge in [0.2, 0.25) is 0 Å². The normalized spacial score (nSPS) is 18.6. The van der Waals surface area contributed by atoms with Crippen molar-refractivity contribution in [3.05, 3.63) is 54.1 Å².